The van der Waals surface area contributed by atoms with Crippen LogP contribution in [0.15, 0.2) is 66.2 Å². The molecule has 0 spiro atoms. The summed E-state index contributed by atoms with van der Waals surface area (Å²) in [5.74, 6) is 2.46. The van der Waals surface area contributed by atoms with Crippen LogP contribution < -0.4 is 15.8 Å². The summed E-state index contributed by atoms with van der Waals surface area (Å²) < 4.78 is 3.92. The van der Waals surface area contributed by atoms with Crippen LogP contribution in [-0.4, -0.2) is 30.6 Å². The van der Waals surface area contributed by atoms with E-state index in [0.717, 1.165) is 46.1 Å². The molecule has 0 amide bonds. The Bertz CT molecular complexity index is 1850. The summed E-state index contributed by atoms with van der Waals surface area (Å²) in [6.45, 7) is 7.82. The van der Waals surface area contributed by atoms with Crippen molar-refractivity contribution in [3.63, 3.8) is 0 Å². The minimum absolute atomic E-state index is 0.00994. The maximum Gasteiger partial charge on any atom is 0.258 e. The van der Waals surface area contributed by atoms with E-state index in [1.54, 1.807) is 17.9 Å². The highest BCUT2D eigenvalue weighted by Crippen LogP contribution is 2.62. The quantitative estimate of drug-likeness (QED) is 0.237. The molecule has 41 heavy (non-hydrogen) atoms. The summed E-state index contributed by atoms with van der Waals surface area (Å²) in [4.78, 5) is 29.1. The van der Waals surface area contributed by atoms with Crippen LogP contribution in [-0.2, 0) is 19.1 Å². The molecule has 8 rings (SSSR count). The summed E-state index contributed by atoms with van der Waals surface area (Å²) in [5.41, 5.74) is 2.92. The second kappa shape index (κ2) is 9.31. The van der Waals surface area contributed by atoms with E-state index in [9.17, 15) is 4.79 Å². The third-order valence-electron chi connectivity index (χ3n) is 8.71. The largest absolute Gasteiger partial charge is 0.369 e. The van der Waals surface area contributed by atoms with Gasteiger partial charge >= 0.3 is 0 Å². The van der Waals surface area contributed by atoms with E-state index in [1.165, 1.54) is 19.3 Å². The molecular weight excluding hydrogens is 534 g/mol. The fourth-order valence-corrected chi connectivity index (χ4v) is 6.53. The summed E-state index contributed by atoms with van der Waals surface area (Å²) in [6.07, 6.45) is 11.2. The first kappa shape index (κ1) is 26.0. The fourth-order valence-electron chi connectivity index (χ4n) is 6.27. The van der Waals surface area contributed by atoms with E-state index in [0.29, 0.717) is 22.5 Å². The van der Waals surface area contributed by atoms with Gasteiger partial charge in [0.2, 0.25) is 0 Å². The Morgan fingerprint density at radius 1 is 1.07 bits per heavy atom. The first-order valence-corrected chi connectivity index (χ1v) is 14.6. The molecule has 0 saturated heterocycles. The summed E-state index contributed by atoms with van der Waals surface area (Å²) in [5, 5.41) is 6.54. The molecule has 0 unspecified atom stereocenters. The average molecular weight is 568 g/mol. The van der Waals surface area contributed by atoms with E-state index in [4.69, 9.17) is 16.6 Å². The van der Waals surface area contributed by atoms with Crippen LogP contribution in [0.5, 0.6) is 0 Å². The van der Waals surface area contributed by atoms with E-state index in [2.05, 4.69) is 63.9 Å². The molecule has 0 atom stereocenters. The normalized spacial score (nSPS) is 19.7. The summed E-state index contributed by atoms with van der Waals surface area (Å²) >= 11 is 6.89. The molecule has 1 N–H and O–H groups in total. The van der Waals surface area contributed by atoms with Crippen LogP contribution in [0.1, 0.15) is 45.6 Å². The highest BCUT2D eigenvalue weighted by molar-refractivity contribution is 6.35. The number of hydrogen-bond acceptors (Lipinski definition) is 6. The first-order chi connectivity index (χ1) is 19.6. The number of anilines is 3. The standard InChI is InChI=1S/C32H34ClN7O/c1-31(2,3)17-34-29-25-10-22(11-26(33)28(25)35-18-36-29)40(27-16-39(19-37-27)32-12-20(13-32)14-32)15-21-6-5-7-24-23(21)8-9-38(4)30(24)41/h5-11,16,18-20H,12-15,17H2,1-4H3,(H,34,35,36). The summed E-state index contributed by atoms with van der Waals surface area (Å²) in [7, 11) is 1.78. The monoisotopic (exact) mass is 567 g/mol. The van der Waals surface area contributed by atoms with Gasteiger partial charge in [0.05, 0.1) is 23.4 Å². The Morgan fingerprint density at radius 2 is 1.88 bits per heavy atom. The number of imidazole rings is 1. The van der Waals surface area contributed by atoms with Gasteiger partial charge in [-0.05, 0) is 65.8 Å². The molecule has 8 nitrogen and oxygen atoms in total. The number of fused-ring (bicyclic) bond motifs is 2. The Hall–Kier alpha value is -3.91. The molecule has 3 fully saturated rings. The number of hydrogen-bond donors (Lipinski definition) is 1. The van der Waals surface area contributed by atoms with E-state index in [-0.39, 0.29) is 16.5 Å². The molecule has 210 valence electrons. The van der Waals surface area contributed by atoms with Crippen molar-refractivity contribution in [2.75, 3.05) is 16.8 Å². The highest BCUT2D eigenvalue weighted by Gasteiger charge is 2.57. The summed E-state index contributed by atoms with van der Waals surface area (Å²) in [6, 6.07) is 12.0. The zero-order valence-electron chi connectivity index (χ0n) is 23.9. The maximum absolute atomic E-state index is 12.9. The van der Waals surface area contributed by atoms with Gasteiger partial charge in [-0.2, -0.15) is 0 Å². The topological polar surface area (TPSA) is 80.9 Å². The van der Waals surface area contributed by atoms with Crippen molar-refractivity contribution in [3.05, 3.63) is 82.4 Å². The molecule has 0 aliphatic heterocycles. The van der Waals surface area contributed by atoms with Crippen molar-refractivity contribution < 1.29 is 0 Å². The number of aromatic nitrogens is 5. The maximum atomic E-state index is 12.9. The van der Waals surface area contributed by atoms with Gasteiger partial charge in [-0.1, -0.05) is 44.5 Å². The second-order valence-corrected chi connectivity index (χ2v) is 13.4. The SMILES string of the molecule is Cn1ccc2c(CN(c3cc(Cl)c4ncnc(NCC(C)(C)C)c4c3)c3cn(C45CC(C4)C5)cn3)cccc2c1=O. The molecule has 3 heterocycles. The Labute approximate surface area is 244 Å². The van der Waals surface area contributed by atoms with Crippen molar-refractivity contribution in [2.24, 2.45) is 18.4 Å². The lowest BCUT2D eigenvalue weighted by Crippen LogP contribution is -2.58. The van der Waals surface area contributed by atoms with E-state index < -0.39 is 0 Å². The van der Waals surface area contributed by atoms with Crippen LogP contribution >= 0.6 is 11.6 Å². The number of nitrogens with zero attached hydrogens (tertiary/aromatic N) is 6. The lowest BCUT2D eigenvalue weighted by molar-refractivity contribution is -0.0889. The van der Waals surface area contributed by atoms with Gasteiger partial charge in [-0.3, -0.25) is 4.79 Å². The van der Waals surface area contributed by atoms with Crippen LogP contribution in [0.3, 0.4) is 0 Å². The zero-order chi connectivity index (χ0) is 28.5. The number of pyridine rings is 1. The molecule has 3 saturated carbocycles. The molecule has 2 aromatic carbocycles. The number of aryl methyl sites for hydroxylation is 1. The number of halogens is 1. The minimum atomic E-state index is -0.00994. The van der Waals surface area contributed by atoms with Gasteiger partial charge < -0.3 is 19.4 Å². The third-order valence-corrected chi connectivity index (χ3v) is 9.00. The van der Waals surface area contributed by atoms with Crippen molar-refractivity contribution in [3.8, 4) is 0 Å². The smallest absolute Gasteiger partial charge is 0.258 e. The number of rotatable bonds is 7. The van der Waals surface area contributed by atoms with Crippen LogP contribution in [0, 0.1) is 11.3 Å². The van der Waals surface area contributed by atoms with Gasteiger partial charge in [0, 0.05) is 48.0 Å². The fraction of sp³-hybridized carbons (Fsp3) is 0.375. The molecule has 9 heteroatoms. The van der Waals surface area contributed by atoms with Gasteiger partial charge in [0.25, 0.3) is 5.56 Å². The Balaban J connectivity index is 1.36. The van der Waals surface area contributed by atoms with Crippen molar-refractivity contribution in [1.82, 2.24) is 24.1 Å². The highest BCUT2D eigenvalue weighted by atomic mass is 35.5. The molecule has 5 aromatic rings. The molecule has 3 aliphatic carbocycles. The Morgan fingerprint density at radius 3 is 2.61 bits per heavy atom. The minimum Gasteiger partial charge on any atom is -0.369 e. The number of nitrogens with one attached hydrogen (secondary N) is 1. The van der Waals surface area contributed by atoms with E-state index in [1.807, 2.05) is 36.8 Å². The van der Waals surface area contributed by atoms with Gasteiger partial charge in [-0.15, -0.1) is 0 Å². The predicted octanol–water partition coefficient (Wildman–Crippen LogP) is 6.64. The first-order valence-electron chi connectivity index (χ1n) is 14.2. The molecule has 0 radical (unpaired) electrons. The molecular formula is C32H34ClN7O. The zero-order valence-corrected chi connectivity index (χ0v) is 24.6. The van der Waals surface area contributed by atoms with Crippen LogP contribution in [0.25, 0.3) is 21.7 Å². The second-order valence-electron chi connectivity index (χ2n) is 13.0. The third kappa shape index (κ3) is 4.45. The van der Waals surface area contributed by atoms with Crippen LogP contribution in [0.4, 0.5) is 17.3 Å². The van der Waals surface area contributed by atoms with Gasteiger partial charge in [0.1, 0.15) is 12.1 Å². The molecule has 3 aromatic heterocycles. The number of benzene rings is 2. The lowest BCUT2D eigenvalue weighted by atomic mass is 9.50. The van der Waals surface area contributed by atoms with Crippen molar-refractivity contribution >= 4 is 50.6 Å². The average Bonchev–Trinajstić information content (AvgIpc) is 3.35. The Kier molecular flexibility index (Phi) is 5.91. The molecule has 3 aliphatic rings. The van der Waals surface area contributed by atoms with Crippen molar-refractivity contribution in [1.29, 1.82) is 0 Å². The predicted molar refractivity (Wildman–Crippen MR) is 165 cm³/mol. The van der Waals surface area contributed by atoms with Crippen LogP contribution in [0.2, 0.25) is 5.02 Å². The lowest BCUT2D eigenvalue weighted by Gasteiger charge is -2.62. The van der Waals surface area contributed by atoms with Crippen molar-refractivity contribution in [2.45, 2.75) is 52.1 Å². The van der Waals surface area contributed by atoms with E-state index >= 15 is 0 Å². The van der Waals surface area contributed by atoms with Gasteiger partial charge in [-0.25, -0.2) is 15.0 Å². The van der Waals surface area contributed by atoms with Gasteiger partial charge in [0.15, 0.2) is 5.82 Å². The molecule has 2 bridgehead atoms.